The van der Waals surface area contributed by atoms with E-state index in [0.29, 0.717) is 19.0 Å². The zero-order chi connectivity index (χ0) is 14.7. The van der Waals surface area contributed by atoms with Crippen LogP contribution in [0.25, 0.3) is 0 Å². The molecule has 0 saturated carbocycles. The SMILES string of the molecule is CCCC1CCN(C(=O)c2c(F)ccc(N)c2F)CC1. The Morgan fingerprint density at radius 3 is 2.60 bits per heavy atom. The van der Waals surface area contributed by atoms with Gasteiger partial charge in [0.1, 0.15) is 11.4 Å². The van der Waals surface area contributed by atoms with E-state index in [1.54, 1.807) is 0 Å². The van der Waals surface area contributed by atoms with Crippen LogP contribution in [-0.2, 0) is 0 Å². The maximum atomic E-state index is 13.9. The van der Waals surface area contributed by atoms with E-state index in [1.807, 2.05) is 0 Å². The molecule has 3 nitrogen and oxygen atoms in total. The van der Waals surface area contributed by atoms with Crippen LogP contribution in [0.15, 0.2) is 12.1 Å². The van der Waals surface area contributed by atoms with Crippen molar-refractivity contribution in [2.45, 2.75) is 32.6 Å². The molecule has 5 heteroatoms. The molecule has 0 unspecified atom stereocenters. The van der Waals surface area contributed by atoms with E-state index in [-0.39, 0.29) is 5.69 Å². The molecule has 1 aliphatic heterocycles. The van der Waals surface area contributed by atoms with Gasteiger partial charge in [-0.3, -0.25) is 4.79 Å². The fourth-order valence-electron chi connectivity index (χ4n) is 2.76. The van der Waals surface area contributed by atoms with E-state index in [4.69, 9.17) is 5.73 Å². The van der Waals surface area contributed by atoms with E-state index >= 15 is 0 Å². The molecule has 1 saturated heterocycles. The second kappa shape index (κ2) is 6.20. The van der Waals surface area contributed by atoms with Gasteiger partial charge in [0.2, 0.25) is 0 Å². The van der Waals surface area contributed by atoms with E-state index in [0.717, 1.165) is 37.8 Å². The largest absolute Gasteiger partial charge is 0.396 e. The van der Waals surface area contributed by atoms with Gasteiger partial charge in [-0.2, -0.15) is 0 Å². The van der Waals surface area contributed by atoms with Crippen LogP contribution in [0.4, 0.5) is 14.5 Å². The van der Waals surface area contributed by atoms with E-state index in [9.17, 15) is 13.6 Å². The van der Waals surface area contributed by atoms with Crippen molar-refractivity contribution in [2.24, 2.45) is 5.92 Å². The van der Waals surface area contributed by atoms with Crippen molar-refractivity contribution in [3.05, 3.63) is 29.3 Å². The first kappa shape index (κ1) is 14.8. The fourth-order valence-corrected chi connectivity index (χ4v) is 2.76. The number of anilines is 1. The summed E-state index contributed by atoms with van der Waals surface area (Å²) in [6.45, 7) is 3.24. The molecule has 2 N–H and O–H groups in total. The van der Waals surface area contributed by atoms with E-state index in [1.165, 1.54) is 4.90 Å². The summed E-state index contributed by atoms with van der Waals surface area (Å²) in [5.41, 5.74) is 4.68. The average Bonchev–Trinajstić information content (AvgIpc) is 2.44. The highest BCUT2D eigenvalue weighted by molar-refractivity contribution is 5.95. The molecular weight excluding hydrogens is 262 g/mol. The van der Waals surface area contributed by atoms with Crippen LogP contribution in [0.2, 0.25) is 0 Å². The third-order valence-corrected chi connectivity index (χ3v) is 3.93. The lowest BCUT2D eigenvalue weighted by molar-refractivity contribution is 0.0677. The maximum Gasteiger partial charge on any atom is 0.259 e. The van der Waals surface area contributed by atoms with Crippen molar-refractivity contribution in [3.8, 4) is 0 Å². The molecular formula is C15H20F2N2O. The first-order valence-corrected chi connectivity index (χ1v) is 7.07. The number of benzene rings is 1. The zero-order valence-corrected chi connectivity index (χ0v) is 11.7. The zero-order valence-electron chi connectivity index (χ0n) is 11.7. The summed E-state index contributed by atoms with van der Waals surface area (Å²) in [6.07, 6.45) is 4.05. The summed E-state index contributed by atoms with van der Waals surface area (Å²) < 4.78 is 27.5. The number of rotatable bonds is 3. The molecule has 0 atom stereocenters. The van der Waals surface area contributed by atoms with Crippen LogP contribution in [-0.4, -0.2) is 23.9 Å². The molecule has 0 spiro atoms. The number of amides is 1. The number of likely N-dealkylation sites (tertiary alicyclic amines) is 1. The van der Waals surface area contributed by atoms with Crippen LogP contribution in [0, 0.1) is 17.6 Å². The van der Waals surface area contributed by atoms with Crippen molar-refractivity contribution in [1.29, 1.82) is 0 Å². The minimum absolute atomic E-state index is 0.199. The number of halogens is 2. The summed E-state index contributed by atoms with van der Waals surface area (Å²) in [5.74, 6) is -1.79. The lowest BCUT2D eigenvalue weighted by Gasteiger charge is -2.32. The molecule has 0 aliphatic carbocycles. The second-order valence-corrected chi connectivity index (χ2v) is 5.35. The minimum atomic E-state index is -0.953. The Hall–Kier alpha value is -1.65. The molecule has 1 aromatic rings. The number of nitrogens with two attached hydrogens (primary N) is 1. The number of carbonyl (C=O) groups is 1. The second-order valence-electron chi connectivity index (χ2n) is 5.35. The first-order chi connectivity index (χ1) is 9.54. The monoisotopic (exact) mass is 282 g/mol. The highest BCUT2D eigenvalue weighted by atomic mass is 19.1. The molecule has 1 aliphatic rings. The predicted molar refractivity (Wildman–Crippen MR) is 74.3 cm³/mol. The van der Waals surface area contributed by atoms with Gasteiger partial charge in [0.05, 0.1) is 5.69 Å². The van der Waals surface area contributed by atoms with Crippen LogP contribution >= 0.6 is 0 Å². The first-order valence-electron chi connectivity index (χ1n) is 7.07. The van der Waals surface area contributed by atoms with Crippen LogP contribution < -0.4 is 5.73 Å². The molecule has 1 amide bonds. The third-order valence-electron chi connectivity index (χ3n) is 3.93. The smallest absolute Gasteiger partial charge is 0.259 e. The van der Waals surface area contributed by atoms with Gasteiger partial charge in [0, 0.05) is 13.1 Å². The Labute approximate surface area is 117 Å². The van der Waals surface area contributed by atoms with Crippen molar-refractivity contribution in [2.75, 3.05) is 18.8 Å². The number of piperidine rings is 1. The molecule has 1 fully saturated rings. The number of nitrogens with zero attached hydrogens (tertiary/aromatic N) is 1. The molecule has 1 aromatic carbocycles. The summed E-state index contributed by atoms with van der Waals surface area (Å²) >= 11 is 0. The van der Waals surface area contributed by atoms with E-state index in [2.05, 4.69) is 6.92 Å². The Balaban J connectivity index is 2.12. The van der Waals surface area contributed by atoms with Crippen LogP contribution in [0.3, 0.4) is 0 Å². The van der Waals surface area contributed by atoms with Gasteiger partial charge < -0.3 is 10.6 Å². The predicted octanol–water partition coefficient (Wildman–Crippen LogP) is 3.20. The lowest BCUT2D eigenvalue weighted by Crippen LogP contribution is -2.39. The number of carbonyl (C=O) groups excluding carboxylic acids is 1. The van der Waals surface area contributed by atoms with Gasteiger partial charge >= 0.3 is 0 Å². The molecule has 0 radical (unpaired) electrons. The Bertz CT molecular complexity index is 497. The molecule has 0 aromatic heterocycles. The van der Waals surface area contributed by atoms with Gasteiger partial charge in [-0.05, 0) is 30.9 Å². The number of nitrogen functional groups attached to an aromatic ring is 1. The summed E-state index contributed by atoms with van der Waals surface area (Å²) in [7, 11) is 0. The van der Waals surface area contributed by atoms with Gasteiger partial charge in [-0.25, -0.2) is 8.78 Å². The molecule has 20 heavy (non-hydrogen) atoms. The fraction of sp³-hybridized carbons (Fsp3) is 0.533. The van der Waals surface area contributed by atoms with Crippen molar-refractivity contribution in [1.82, 2.24) is 4.90 Å². The van der Waals surface area contributed by atoms with Crippen molar-refractivity contribution >= 4 is 11.6 Å². The van der Waals surface area contributed by atoms with Gasteiger partial charge in [-0.15, -0.1) is 0 Å². The molecule has 110 valence electrons. The van der Waals surface area contributed by atoms with Crippen molar-refractivity contribution in [3.63, 3.8) is 0 Å². The van der Waals surface area contributed by atoms with E-state index < -0.39 is 23.1 Å². The third kappa shape index (κ3) is 2.92. The average molecular weight is 282 g/mol. The van der Waals surface area contributed by atoms with Gasteiger partial charge in [-0.1, -0.05) is 19.8 Å². The molecule has 0 bridgehead atoms. The molecule has 1 heterocycles. The Morgan fingerprint density at radius 1 is 1.35 bits per heavy atom. The number of hydrogen-bond acceptors (Lipinski definition) is 2. The summed E-state index contributed by atoms with van der Waals surface area (Å²) in [4.78, 5) is 13.8. The van der Waals surface area contributed by atoms with Gasteiger partial charge in [0.25, 0.3) is 5.91 Å². The summed E-state index contributed by atoms with van der Waals surface area (Å²) in [5, 5.41) is 0. The van der Waals surface area contributed by atoms with Crippen LogP contribution in [0.5, 0.6) is 0 Å². The Kier molecular flexibility index (Phi) is 4.57. The van der Waals surface area contributed by atoms with Crippen LogP contribution in [0.1, 0.15) is 43.0 Å². The number of hydrogen-bond donors (Lipinski definition) is 1. The minimum Gasteiger partial charge on any atom is -0.396 e. The topological polar surface area (TPSA) is 46.3 Å². The normalized spacial score (nSPS) is 16.4. The quantitative estimate of drug-likeness (QED) is 0.865. The van der Waals surface area contributed by atoms with Crippen molar-refractivity contribution < 1.29 is 13.6 Å². The highest BCUT2D eigenvalue weighted by Crippen LogP contribution is 2.25. The highest BCUT2D eigenvalue weighted by Gasteiger charge is 2.27. The maximum absolute atomic E-state index is 13.9. The lowest BCUT2D eigenvalue weighted by atomic mass is 9.92. The summed E-state index contributed by atoms with van der Waals surface area (Å²) in [6, 6.07) is 2.17. The molecule has 2 rings (SSSR count). The van der Waals surface area contributed by atoms with Gasteiger partial charge in [0.15, 0.2) is 5.82 Å². The standard InChI is InChI=1S/C15H20F2N2O/c1-2-3-10-6-8-19(9-7-10)15(20)13-11(16)4-5-12(18)14(13)17/h4-5,10H,2-3,6-9,18H2,1H3. The Morgan fingerprint density at radius 2 is 2.00 bits per heavy atom.